The average Bonchev–Trinajstić information content (AvgIpc) is 2.62. The molecule has 1 aromatic rings. The molecule has 1 saturated heterocycles. The molecule has 0 bridgehead atoms. The van der Waals surface area contributed by atoms with Crippen LogP contribution in [0.1, 0.15) is 31.7 Å². The highest BCUT2D eigenvalue weighted by molar-refractivity contribution is 5.79. The molecule has 1 aromatic carbocycles. The minimum absolute atomic E-state index is 0.00869. The van der Waals surface area contributed by atoms with Gasteiger partial charge in [0.2, 0.25) is 0 Å². The minimum Gasteiger partial charge on any atom is -0.357 e. The summed E-state index contributed by atoms with van der Waals surface area (Å²) in [6, 6.07) is 3.26. The summed E-state index contributed by atoms with van der Waals surface area (Å²) in [7, 11) is 0. The van der Waals surface area contributed by atoms with Crippen LogP contribution < -0.4 is 10.6 Å². The van der Waals surface area contributed by atoms with Crippen molar-refractivity contribution in [1.82, 2.24) is 15.5 Å². The van der Waals surface area contributed by atoms with E-state index in [9.17, 15) is 22.0 Å². The van der Waals surface area contributed by atoms with Gasteiger partial charge >= 0.3 is 6.18 Å². The maximum Gasteiger partial charge on any atom is 0.401 e. The predicted molar refractivity (Wildman–Crippen MR) is 99.0 cm³/mol. The van der Waals surface area contributed by atoms with Crippen LogP contribution in [0.3, 0.4) is 0 Å². The second-order valence-electron chi connectivity index (χ2n) is 6.98. The van der Waals surface area contributed by atoms with E-state index >= 15 is 0 Å². The molecule has 2 N–H and O–H groups in total. The maximum absolute atomic E-state index is 13.7. The largest absolute Gasteiger partial charge is 0.401 e. The van der Waals surface area contributed by atoms with Crippen molar-refractivity contribution in [3.63, 3.8) is 0 Å². The number of benzene rings is 1. The smallest absolute Gasteiger partial charge is 0.357 e. The molecule has 1 aliphatic rings. The number of hydrogen-bond donors (Lipinski definition) is 2. The number of halogens is 5. The van der Waals surface area contributed by atoms with Crippen molar-refractivity contribution in [1.29, 1.82) is 0 Å². The van der Waals surface area contributed by atoms with Crippen molar-refractivity contribution in [2.24, 2.45) is 10.9 Å². The number of hydrogen-bond acceptors (Lipinski definition) is 2. The quantitative estimate of drug-likeness (QED) is 0.412. The zero-order valence-corrected chi connectivity index (χ0v) is 16.0. The van der Waals surface area contributed by atoms with Gasteiger partial charge in [-0.05, 0) is 63.4 Å². The Kier molecular flexibility index (Phi) is 8.47. The molecule has 0 unspecified atom stereocenters. The summed E-state index contributed by atoms with van der Waals surface area (Å²) in [6.07, 6.45) is -1.86. The summed E-state index contributed by atoms with van der Waals surface area (Å²) >= 11 is 0. The summed E-state index contributed by atoms with van der Waals surface area (Å²) in [6.45, 7) is 3.21. The Hall–Kier alpha value is -1.90. The highest BCUT2D eigenvalue weighted by atomic mass is 19.4. The molecule has 1 heterocycles. The van der Waals surface area contributed by atoms with E-state index < -0.39 is 24.4 Å². The SMILES string of the molecule is CCNC(=NCc1cc(F)ccc1F)NCCC1CCN(CC(F)(F)F)CC1. The van der Waals surface area contributed by atoms with Crippen molar-refractivity contribution in [2.75, 3.05) is 32.7 Å². The van der Waals surface area contributed by atoms with Crippen LogP contribution in [0.4, 0.5) is 22.0 Å². The first-order valence-electron chi connectivity index (χ1n) is 9.52. The Bertz CT molecular complexity index is 640. The lowest BCUT2D eigenvalue weighted by Gasteiger charge is -2.32. The molecular weight excluding hydrogens is 379 g/mol. The van der Waals surface area contributed by atoms with Crippen LogP contribution in [-0.2, 0) is 6.54 Å². The number of nitrogens with zero attached hydrogens (tertiary/aromatic N) is 2. The molecule has 28 heavy (non-hydrogen) atoms. The molecule has 1 aliphatic heterocycles. The van der Waals surface area contributed by atoms with E-state index in [-0.39, 0.29) is 12.1 Å². The first kappa shape index (κ1) is 22.4. The van der Waals surface area contributed by atoms with Crippen LogP contribution in [0, 0.1) is 17.6 Å². The first-order chi connectivity index (χ1) is 13.3. The number of nitrogens with one attached hydrogen (secondary N) is 2. The molecule has 0 atom stereocenters. The van der Waals surface area contributed by atoms with Gasteiger partial charge in [0, 0.05) is 18.7 Å². The van der Waals surface area contributed by atoms with Crippen molar-refractivity contribution < 1.29 is 22.0 Å². The number of likely N-dealkylation sites (tertiary alicyclic amines) is 1. The number of piperidine rings is 1. The monoisotopic (exact) mass is 406 g/mol. The van der Waals surface area contributed by atoms with Crippen LogP contribution in [0.2, 0.25) is 0 Å². The molecule has 2 rings (SSSR count). The molecule has 0 aliphatic carbocycles. The Morgan fingerprint density at radius 1 is 1.18 bits per heavy atom. The Labute approximate surface area is 162 Å². The molecule has 4 nitrogen and oxygen atoms in total. The van der Waals surface area contributed by atoms with Crippen molar-refractivity contribution in [3.8, 4) is 0 Å². The van der Waals surface area contributed by atoms with Gasteiger partial charge in [0.1, 0.15) is 11.6 Å². The third kappa shape index (κ3) is 8.00. The zero-order chi connectivity index (χ0) is 20.6. The molecule has 158 valence electrons. The standard InChI is InChI=1S/C19H27F5N4/c1-2-25-18(27-12-15-11-16(20)3-4-17(15)21)26-8-5-14-6-9-28(10-7-14)13-19(22,23)24/h3-4,11,14H,2,5-10,12-13H2,1H3,(H2,25,26,27). The van der Waals surface area contributed by atoms with Crippen LogP contribution in [0.15, 0.2) is 23.2 Å². The summed E-state index contributed by atoms with van der Waals surface area (Å²) in [5, 5.41) is 6.20. The van der Waals surface area contributed by atoms with Gasteiger partial charge in [-0.25, -0.2) is 13.8 Å². The van der Waals surface area contributed by atoms with Crippen LogP contribution in [0.5, 0.6) is 0 Å². The van der Waals surface area contributed by atoms with Crippen molar-refractivity contribution >= 4 is 5.96 Å². The number of rotatable bonds is 7. The predicted octanol–water partition coefficient (Wildman–Crippen LogP) is 3.68. The van der Waals surface area contributed by atoms with Gasteiger partial charge in [-0.15, -0.1) is 0 Å². The lowest BCUT2D eigenvalue weighted by Crippen LogP contribution is -2.41. The topological polar surface area (TPSA) is 39.7 Å². The van der Waals surface area contributed by atoms with Gasteiger partial charge in [0.15, 0.2) is 5.96 Å². The van der Waals surface area contributed by atoms with Crippen LogP contribution in [-0.4, -0.2) is 49.8 Å². The fraction of sp³-hybridized carbons (Fsp3) is 0.632. The highest BCUT2D eigenvalue weighted by Crippen LogP contribution is 2.24. The van der Waals surface area contributed by atoms with Gasteiger partial charge in [-0.1, -0.05) is 0 Å². The Morgan fingerprint density at radius 3 is 2.54 bits per heavy atom. The second-order valence-corrected chi connectivity index (χ2v) is 6.98. The van der Waals surface area contributed by atoms with Gasteiger partial charge < -0.3 is 10.6 Å². The fourth-order valence-electron chi connectivity index (χ4n) is 3.25. The molecule has 0 saturated carbocycles. The lowest BCUT2D eigenvalue weighted by atomic mass is 9.93. The molecule has 1 fully saturated rings. The summed E-state index contributed by atoms with van der Waals surface area (Å²) < 4.78 is 64.2. The van der Waals surface area contributed by atoms with Gasteiger partial charge in [-0.3, -0.25) is 4.90 Å². The normalized spacial score (nSPS) is 17.0. The maximum atomic E-state index is 13.7. The summed E-state index contributed by atoms with van der Waals surface area (Å²) in [5.41, 5.74) is 0.175. The molecule has 0 spiro atoms. The molecule has 0 amide bonds. The van der Waals surface area contributed by atoms with E-state index in [2.05, 4.69) is 15.6 Å². The Balaban J connectivity index is 1.77. The van der Waals surface area contributed by atoms with E-state index in [1.165, 1.54) is 4.90 Å². The van der Waals surface area contributed by atoms with E-state index in [0.717, 1.165) is 37.5 Å². The van der Waals surface area contributed by atoms with E-state index in [0.29, 0.717) is 38.1 Å². The summed E-state index contributed by atoms with van der Waals surface area (Å²) in [5.74, 6) is -0.158. The third-order valence-electron chi connectivity index (χ3n) is 4.71. The summed E-state index contributed by atoms with van der Waals surface area (Å²) in [4.78, 5) is 5.72. The minimum atomic E-state index is -4.15. The highest BCUT2D eigenvalue weighted by Gasteiger charge is 2.32. The molecular formula is C19H27F5N4. The van der Waals surface area contributed by atoms with Crippen molar-refractivity contribution in [3.05, 3.63) is 35.4 Å². The van der Waals surface area contributed by atoms with Crippen LogP contribution in [0.25, 0.3) is 0 Å². The second kappa shape index (κ2) is 10.6. The lowest BCUT2D eigenvalue weighted by molar-refractivity contribution is -0.148. The number of alkyl halides is 3. The van der Waals surface area contributed by atoms with E-state index in [4.69, 9.17) is 0 Å². The van der Waals surface area contributed by atoms with Gasteiger partial charge in [0.25, 0.3) is 0 Å². The van der Waals surface area contributed by atoms with Gasteiger partial charge in [0.05, 0.1) is 13.1 Å². The number of guanidine groups is 1. The molecule has 9 heteroatoms. The first-order valence-corrected chi connectivity index (χ1v) is 9.52. The number of aliphatic imine (C=N–C) groups is 1. The van der Waals surface area contributed by atoms with E-state index in [1.54, 1.807) is 0 Å². The van der Waals surface area contributed by atoms with Gasteiger partial charge in [-0.2, -0.15) is 13.2 Å². The molecule has 0 radical (unpaired) electrons. The third-order valence-corrected chi connectivity index (χ3v) is 4.71. The fourth-order valence-corrected chi connectivity index (χ4v) is 3.25. The Morgan fingerprint density at radius 2 is 1.89 bits per heavy atom. The van der Waals surface area contributed by atoms with E-state index in [1.807, 2.05) is 6.92 Å². The molecule has 0 aromatic heterocycles. The zero-order valence-electron chi connectivity index (χ0n) is 16.0. The average molecular weight is 406 g/mol. The van der Waals surface area contributed by atoms with Crippen molar-refractivity contribution in [2.45, 2.75) is 38.9 Å². The van der Waals surface area contributed by atoms with Crippen LogP contribution >= 0.6 is 0 Å².